The molecular formula is C13H18ClNO4S. The van der Waals surface area contributed by atoms with Gasteiger partial charge in [-0.25, -0.2) is 8.42 Å². The molecule has 112 valence electrons. The number of halogens is 1. The molecule has 1 aliphatic rings. The molecule has 1 fully saturated rings. The molecule has 0 radical (unpaired) electrons. The predicted octanol–water partition coefficient (Wildman–Crippen LogP) is 2.15. The molecule has 0 spiro atoms. The molecule has 7 heteroatoms. The summed E-state index contributed by atoms with van der Waals surface area (Å²) >= 11 is 6.00. The molecule has 0 aromatic heterocycles. The maximum Gasteiger partial charge on any atom is 0.243 e. The predicted molar refractivity (Wildman–Crippen MR) is 76.8 cm³/mol. The highest BCUT2D eigenvalue weighted by atomic mass is 35.5. The molecule has 2 rings (SSSR count). The summed E-state index contributed by atoms with van der Waals surface area (Å²) in [6, 6.07) is 4.50. The van der Waals surface area contributed by atoms with Crippen LogP contribution in [0.15, 0.2) is 23.1 Å². The van der Waals surface area contributed by atoms with Crippen molar-refractivity contribution in [3.63, 3.8) is 0 Å². The van der Waals surface area contributed by atoms with Gasteiger partial charge in [-0.2, -0.15) is 4.31 Å². The molecule has 0 amide bonds. The van der Waals surface area contributed by atoms with E-state index in [4.69, 9.17) is 21.1 Å². The molecule has 1 aromatic rings. The van der Waals surface area contributed by atoms with Crippen molar-refractivity contribution in [2.24, 2.45) is 0 Å². The number of hydrogen-bond donors (Lipinski definition) is 0. The van der Waals surface area contributed by atoms with E-state index in [9.17, 15) is 8.42 Å². The van der Waals surface area contributed by atoms with Gasteiger partial charge in [0.05, 0.1) is 29.7 Å². The van der Waals surface area contributed by atoms with Crippen molar-refractivity contribution < 1.29 is 17.9 Å². The van der Waals surface area contributed by atoms with E-state index in [-0.39, 0.29) is 16.0 Å². The number of morpholine rings is 1. The van der Waals surface area contributed by atoms with Gasteiger partial charge in [-0.1, -0.05) is 18.5 Å². The molecule has 0 N–H and O–H groups in total. The Hall–Kier alpha value is -0.820. The first-order valence-corrected chi connectivity index (χ1v) is 8.26. The average molecular weight is 320 g/mol. The second kappa shape index (κ2) is 6.30. The summed E-state index contributed by atoms with van der Waals surface area (Å²) in [6.45, 7) is 3.14. The standard InChI is InChI=1S/C13H18ClNO4S/c1-3-10-9-15(6-7-19-10)20(16,17)11-4-5-13(18-2)12(14)8-11/h4-5,8,10H,3,6-7,9H2,1-2H3. The van der Waals surface area contributed by atoms with Crippen LogP contribution in [0, 0.1) is 0 Å². The third-order valence-corrected chi connectivity index (χ3v) is 5.47. The lowest BCUT2D eigenvalue weighted by molar-refractivity contribution is -0.00277. The van der Waals surface area contributed by atoms with Crippen LogP contribution in [-0.2, 0) is 14.8 Å². The van der Waals surface area contributed by atoms with Gasteiger partial charge in [0.15, 0.2) is 0 Å². The van der Waals surface area contributed by atoms with Crippen LogP contribution >= 0.6 is 11.6 Å². The Bertz CT molecular complexity index is 576. The quantitative estimate of drug-likeness (QED) is 0.853. The van der Waals surface area contributed by atoms with Crippen molar-refractivity contribution >= 4 is 21.6 Å². The van der Waals surface area contributed by atoms with Crippen molar-refractivity contribution in [1.29, 1.82) is 0 Å². The second-order valence-electron chi connectivity index (χ2n) is 4.56. The van der Waals surface area contributed by atoms with E-state index < -0.39 is 10.0 Å². The van der Waals surface area contributed by atoms with Gasteiger partial charge in [0, 0.05) is 13.1 Å². The minimum Gasteiger partial charge on any atom is -0.495 e. The first kappa shape index (κ1) is 15.6. The van der Waals surface area contributed by atoms with Gasteiger partial charge in [0.1, 0.15) is 5.75 Å². The fourth-order valence-electron chi connectivity index (χ4n) is 2.11. The zero-order valence-electron chi connectivity index (χ0n) is 11.5. The van der Waals surface area contributed by atoms with Crippen molar-refractivity contribution in [2.75, 3.05) is 26.8 Å². The van der Waals surface area contributed by atoms with E-state index in [1.165, 1.54) is 23.5 Å². The Labute approximate surface area is 124 Å². The van der Waals surface area contributed by atoms with E-state index in [1.54, 1.807) is 6.07 Å². The van der Waals surface area contributed by atoms with Crippen LogP contribution in [0.25, 0.3) is 0 Å². The summed E-state index contributed by atoms with van der Waals surface area (Å²) in [4.78, 5) is 0.181. The van der Waals surface area contributed by atoms with Crippen molar-refractivity contribution in [1.82, 2.24) is 4.31 Å². The monoisotopic (exact) mass is 319 g/mol. The third kappa shape index (κ3) is 3.09. The lowest BCUT2D eigenvalue weighted by Crippen LogP contribution is -2.45. The lowest BCUT2D eigenvalue weighted by Gasteiger charge is -2.31. The zero-order chi connectivity index (χ0) is 14.8. The Kier molecular flexibility index (Phi) is 4.90. The number of nitrogens with zero attached hydrogens (tertiary/aromatic N) is 1. The number of benzene rings is 1. The molecule has 1 unspecified atom stereocenters. The molecule has 1 saturated heterocycles. The molecule has 1 heterocycles. The third-order valence-electron chi connectivity index (χ3n) is 3.32. The number of sulfonamides is 1. The normalized spacial score (nSPS) is 20.9. The molecule has 5 nitrogen and oxygen atoms in total. The van der Waals surface area contributed by atoms with E-state index in [1.807, 2.05) is 6.92 Å². The smallest absolute Gasteiger partial charge is 0.243 e. The molecule has 1 atom stereocenters. The number of hydrogen-bond acceptors (Lipinski definition) is 4. The number of ether oxygens (including phenoxy) is 2. The molecular weight excluding hydrogens is 302 g/mol. The summed E-state index contributed by atoms with van der Waals surface area (Å²) in [7, 11) is -2.05. The maximum atomic E-state index is 12.6. The highest BCUT2D eigenvalue weighted by Crippen LogP contribution is 2.29. The van der Waals surface area contributed by atoms with Gasteiger partial charge < -0.3 is 9.47 Å². The van der Waals surface area contributed by atoms with Crippen LogP contribution in [0.2, 0.25) is 5.02 Å². The van der Waals surface area contributed by atoms with Crippen molar-refractivity contribution in [3.05, 3.63) is 23.2 Å². The Morgan fingerprint density at radius 1 is 1.50 bits per heavy atom. The summed E-state index contributed by atoms with van der Waals surface area (Å²) < 4.78 is 37.1. The summed E-state index contributed by atoms with van der Waals surface area (Å²) in [5.41, 5.74) is 0. The maximum absolute atomic E-state index is 12.6. The van der Waals surface area contributed by atoms with E-state index in [2.05, 4.69) is 0 Å². The van der Waals surface area contributed by atoms with Gasteiger partial charge in [-0.15, -0.1) is 0 Å². The summed E-state index contributed by atoms with van der Waals surface area (Å²) in [6.07, 6.45) is 0.738. The van der Waals surface area contributed by atoms with Crippen LogP contribution in [0.3, 0.4) is 0 Å². The molecule has 0 bridgehead atoms. The van der Waals surface area contributed by atoms with Gasteiger partial charge >= 0.3 is 0 Å². The summed E-state index contributed by atoms with van der Waals surface area (Å²) in [5, 5.41) is 0.286. The fourth-order valence-corrected chi connectivity index (χ4v) is 3.92. The number of rotatable bonds is 4. The molecule has 1 aliphatic heterocycles. The second-order valence-corrected chi connectivity index (χ2v) is 6.91. The molecule has 0 aliphatic carbocycles. The average Bonchev–Trinajstić information content (AvgIpc) is 2.47. The van der Waals surface area contributed by atoms with Crippen molar-refractivity contribution in [2.45, 2.75) is 24.3 Å². The van der Waals surface area contributed by atoms with Crippen LogP contribution < -0.4 is 4.74 Å². The van der Waals surface area contributed by atoms with Crippen LogP contribution in [0.5, 0.6) is 5.75 Å². The van der Waals surface area contributed by atoms with Crippen molar-refractivity contribution in [3.8, 4) is 5.75 Å². The van der Waals surface area contributed by atoms with Crippen LogP contribution in [-0.4, -0.2) is 45.6 Å². The minimum absolute atomic E-state index is 0.0488. The lowest BCUT2D eigenvalue weighted by atomic mass is 10.2. The van der Waals surface area contributed by atoms with Crippen LogP contribution in [0.1, 0.15) is 13.3 Å². The SMILES string of the molecule is CCC1CN(S(=O)(=O)c2ccc(OC)c(Cl)c2)CCO1. The Morgan fingerprint density at radius 3 is 2.85 bits per heavy atom. The van der Waals surface area contributed by atoms with E-state index in [0.717, 1.165) is 6.42 Å². The molecule has 1 aromatic carbocycles. The summed E-state index contributed by atoms with van der Waals surface area (Å²) in [5.74, 6) is 0.457. The first-order valence-electron chi connectivity index (χ1n) is 6.44. The largest absolute Gasteiger partial charge is 0.495 e. The highest BCUT2D eigenvalue weighted by Gasteiger charge is 2.30. The van der Waals surface area contributed by atoms with Crippen LogP contribution in [0.4, 0.5) is 0 Å². The zero-order valence-corrected chi connectivity index (χ0v) is 13.1. The van der Waals surface area contributed by atoms with Gasteiger partial charge in [-0.3, -0.25) is 0 Å². The molecule has 0 saturated carbocycles. The minimum atomic E-state index is -3.54. The Morgan fingerprint density at radius 2 is 2.25 bits per heavy atom. The van der Waals surface area contributed by atoms with Gasteiger partial charge in [0.25, 0.3) is 0 Å². The van der Waals surface area contributed by atoms with E-state index in [0.29, 0.717) is 25.4 Å². The first-order chi connectivity index (χ1) is 9.48. The van der Waals surface area contributed by atoms with E-state index >= 15 is 0 Å². The van der Waals surface area contributed by atoms with Gasteiger partial charge in [-0.05, 0) is 24.6 Å². The fraction of sp³-hybridized carbons (Fsp3) is 0.538. The highest BCUT2D eigenvalue weighted by molar-refractivity contribution is 7.89. The molecule has 20 heavy (non-hydrogen) atoms. The topological polar surface area (TPSA) is 55.8 Å². The Balaban J connectivity index is 2.28. The van der Waals surface area contributed by atoms with Gasteiger partial charge in [0.2, 0.25) is 10.0 Å². The number of methoxy groups -OCH3 is 1.